The van der Waals surface area contributed by atoms with Crippen LogP contribution in [0.3, 0.4) is 0 Å². The van der Waals surface area contributed by atoms with Crippen molar-refractivity contribution in [2.75, 3.05) is 19.6 Å². The second-order valence-electron chi connectivity index (χ2n) is 6.15. The number of carbonyl (C=O) groups is 1. The van der Waals surface area contributed by atoms with Gasteiger partial charge < -0.3 is 9.52 Å². The smallest absolute Gasteiger partial charge is 0.320 e. The maximum Gasteiger partial charge on any atom is 0.320 e. The number of carboxylic acids is 1. The van der Waals surface area contributed by atoms with E-state index in [9.17, 15) is 18.3 Å². The molecule has 1 N–H and O–H groups in total. The highest BCUT2D eigenvalue weighted by molar-refractivity contribution is 7.89. The summed E-state index contributed by atoms with van der Waals surface area (Å²) in [4.78, 5) is 13.2. The van der Waals surface area contributed by atoms with Crippen molar-refractivity contribution in [3.05, 3.63) is 17.9 Å². The fraction of sp³-hybridized carbons (Fsp3) is 0.667. The molecule has 2 fully saturated rings. The molecule has 0 aromatic carbocycles. The van der Waals surface area contributed by atoms with Crippen LogP contribution in [0.25, 0.3) is 0 Å². The van der Waals surface area contributed by atoms with Crippen molar-refractivity contribution in [3.8, 4) is 0 Å². The van der Waals surface area contributed by atoms with Crippen molar-refractivity contribution in [1.29, 1.82) is 0 Å². The molecule has 0 aliphatic carbocycles. The molecule has 0 bridgehead atoms. The molecule has 0 spiro atoms. The summed E-state index contributed by atoms with van der Waals surface area (Å²) in [6, 6.07) is 2.59. The lowest BCUT2D eigenvalue weighted by molar-refractivity contribution is -0.145. The first-order valence-corrected chi connectivity index (χ1v) is 9.48. The van der Waals surface area contributed by atoms with Crippen LogP contribution in [0.2, 0.25) is 0 Å². The third-order valence-corrected chi connectivity index (χ3v) is 6.33. The maximum absolute atomic E-state index is 12.4. The second kappa shape index (κ2) is 6.62. The molecule has 2 aliphatic rings. The lowest BCUT2D eigenvalue weighted by atomic mass is 10.0. The lowest BCUT2D eigenvalue weighted by Gasteiger charge is -2.31. The van der Waals surface area contributed by atoms with E-state index in [-0.39, 0.29) is 5.09 Å². The van der Waals surface area contributed by atoms with Gasteiger partial charge in [-0.15, -0.1) is 0 Å². The molecule has 2 saturated heterocycles. The van der Waals surface area contributed by atoms with Crippen LogP contribution < -0.4 is 0 Å². The highest BCUT2D eigenvalue weighted by atomic mass is 32.2. The van der Waals surface area contributed by atoms with Gasteiger partial charge in [0.05, 0.1) is 6.54 Å². The number of piperidine rings is 1. The Bertz CT molecular complexity index is 663. The highest BCUT2D eigenvalue weighted by Crippen LogP contribution is 2.25. The summed E-state index contributed by atoms with van der Waals surface area (Å²) < 4.78 is 31.8. The van der Waals surface area contributed by atoms with E-state index in [1.807, 2.05) is 4.90 Å². The molecule has 7 nitrogen and oxygen atoms in total. The van der Waals surface area contributed by atoms with Crippen molar-refractivity contribution < 1.29 is 22.7 Å². The Morgan fingerprint density at radius 3 is 2.57 bits per heavy atom. The topological polar surface area (TPSA) is 91.1 Å². The van der Waals surface area contributed by atoms with Crippen molar-refractivity contribution in [3.63, 3.8) is 0 Å². The van der Waals surface area contributed by atoms with Gasteiger partial charge >= 0.3 is 5.97 Å². The Hall–Kier alpha value is -1.38. The van der Waals surface area contributed by atoms with Crippen LogP contribution in [0.5, 0.6) is 0 Å². The molecular weight excluding hydrogens is 320 g/mol. The van der Waals surface area contributed by atoms with Crippen molar-refractivity contribution in [1.82, 2.24) is 9.21 Å². The summed E-state index contributed by atoms with van der Waals surface area (Å²) in [5.74, 6) is -0.336. The van der Waals surface area contributed by atoms with Gasteiger partial charge in [0.15, 0.2) is 0 Å². The number of nitrogens with zero attached hydrogens (tertiary/aromatic N) is 2. The molecule has 0 radical (unpaired) electrons. The van der Waals surface area contributed by atoms with E-state index in [1.54, 1.807) is 6.07 Å². The predicted octanol–water partition coefficient (Wildman–Crippen LogP) is 1.50. The Labute approximate surface area is 135 Å². The van der Waals surface area contributed by atoms with Crippen LogP contribution in [0, 0.1) is 0 Å². The van der Waals surface area contributed by atoms with E-state index >= 15 is 0 Å². The number of sulfonamides is 1. The molecule has 1 unspecified atom stereocenters. The molecule has 0 saturated carbocycles. The molecule has 8 heteroatoms. The van der Waals surface area contributed by atoms with Gasteiger partial charge in [0, 0.05) is 13.1 Å². The molecule has 2 aliphatic heterocycles. The normalized spacial score (nSPS) is 24.1. The van der Waals surface area contributed by atoms with Gasteiger partial charge in [0.1, 0.15) is 11.8 Å². The monoisotopic (exact) mass is 342 g/mol. The summed E-state index contributed by atoms with van der Waals surface area (Å²) in [5, 5.41) is 9.25. The fourth-order valence-corrected chi connectivity index (χ4v) is 4.74. The molecule has 128 valence electrons. The van der Waals surface area contributed by atoms with Crippen molar-refractivity contribution in [2.24, 2.45) is 0 Å². The molecule has 1 atom stereocenters. The standard InChI is InChI=1S/C15H22N2O5S/c18-15(19)13-5-1-2-8-16(13)11-12-6-7-14(22-12)23(20,21)17-9-3-4-10-17/h6-7,13H,1-5,8-11H2,(H,18,19). The third kappa shape index (κ3) is 3.44. The van der Waals surface area contributed by atoms with Crippen LogP contribution in [-0.4, -0.2) is 54.4 Å². The summed E-state index contributed by atoms with van der Waals surface area (Å²) in [5.41, 5.74) is 0. The van der Waals surface area contributed by atoms with Gasteiger partial charge in [0.2, 0.25) is 5.09 Å². The first-order chi connectivity index (χ1) is 11.0. The van der Waals surface area contributed by atoms with Gasteiger partial charge in [0.25, 0.3) is 10.0 Å². The van der Waals surface area contributed by atoms with Crippen LogP contribution in [-0.2, 0) is 21.4 Å². The van der Waals surface area contributed by atoms with E-state index in [1.165, 1.54) is 10.4 Å². The van der Waals surface area contributed by atoms with Crippen LogP contribution in [0.4, 0.5) is 0 Å². The summed E-state index contributed by atoms with van der Waals surface area (Å²) in [6.45, 7) is 2.08. The van der Waals surface area contributed by atoms with Gasteiger partial charge in [-0.3, -0.25) is 9.69 Å². The highest BCUT2D eigenvalue weighted by Gasteiger charge is 2.32. The molecule has 0 amide bonds. The maximum atomic E-state index is 12.4. The SMILES string of the molecule is O=C(O)C1CCCCN1Cc1ccc(S(=O)(=O)N2CCCC2)o1. The van der Waals surface area contributed by atoms with Gasteiger partial charge in [-0.1, -0.05) is 6.42 Å². The molecular formula is C15H22N2O5S. The second-order valence-corrected chi connectivity index (χ2v) is 8.02. The van der Waals surface area contributed by atoms with E-state index in [0.29, 0.717) is 38.4 Å². The van der Waals surface area contributed by atoms with Crippen LogP contribution in [0.15, 0.2) is 21.6 Å². The van der Waals surface area contributed by atoms with Gasteiger partial charge in [-0.25, -0.2) is 8.42 Å². The van der Waals surface area contributed by atoms with Gasteiger partial charge in [-0.05, 0) is 44.4 Å². The number of likely N-dealkylation sites (tertiary alicyclic amines) is 1. The van der Waals surface area contributed by atoms with Crippen LogP contribution in [0.1, 0.15) is 37.9 Å². The van der Waals surface area contributed by atoms with Gasteiger partial charge in [-0.2, -0.15) is 4.31 Å². The zero-order valence-electron chi connectivity index (χ0n) is 13.0. The van der Waals surface area contributed by atoms with E-state index < -0.39 is 22.0 Å². The lowest BCUT2D eigenvalue weighted by Crippen LogP contribution is -2.43. The minimum Gasteiger partial charge on any atom is -0.480 e. The van der Waals surface area contributed by atoms with Crippen molar-refractivity contribution >= 4 is 16.0 Å². The number of aliphatic carboxylic acids is 1. The molecule has 3 rings (SSSR count). The number of hydrogen-bond acceptors (Lipinski definition) is 5. The Morgan fingerprint density at radius 1 is 1.17 bits per heavy atom. The Balaban J connectivity index is 1.73. The van der Waals surface area contributed by atoms with E-state index in [2.05, 4.69) is 0 Å². The molecule has 23 heavy (non-hydrogen) atoms. The molecule has 3 heterocycles. The number of rotatable bonds is 5. The molecule has 1 aromatic rings. The zero-order chi connectivity index (χ0) is 16.4. The molecule has 1 aromatic heterocycles. The average molecular weight is 342 g/mol. The number of hydrogen-bond donors (Lipinski definition) is 1. The first kappa shape index (κ1) is 16.5. The quantitative estimate of drug-likeness (QED) is 0.872. The van der Waals surface area contributed by atoms with E-state index in [0.717, 1.165) is 25.7 Å². The minimum absolute atomic E-state index is 0.0433. The predicted molar refractivity (Wildman–Crippen MR) is 82.4 cm³/mol. The number of carboxylic acid groups (broad SMARTS) is 1. The largest absolute Gasteiger partial charge is 0.480 e. The summed E-state index contributed by atoms with van der Waals surface area (Å²) >= 11 is 0. The Morgan fingerprint density at radius 2 is 1.87 bits per heavy atom. The minimum atomic E-state index is -3.56. The fourth-order valence-electron chi connectivity index (χ4n) is 3.30. The Kier molecular flexibility index (Phi) is 4.74. The average Bonchev–Trinajstić information content (AvgIpc) is 3.19. The summed E-state index contributed by atoms with van der Waals surface area (Å²) in [6.07, 6.45) is 4.22. The first-order valence-electron chi connectivity index (χ1n) is 8.04. The third-order valence-electron chi connectivity index (χ3n) is 4.55. The summed E-state index contributed by atoms with van der Waals surface area (Å²) in [7, 11) is -3.56. The zero-order valence-corrected chi connectivity index (χ0v) is 13.8. The van der Waals surface area contributed by atoms with Crippen LogP contribution >= 0.6 is 0 Å². The van der Waals surface area contributed by atoms with E-state index in [4.69, 9.17) is 4.42 Å². The van der Waals surface area contributed by atoms with Crippen molar-refractivity contribution in [2.45, 2.75) is 49.8 Å². The number of furan rings is 1.